The van der Waals surface area contributed by atoms with Gasteiger partial charge in [-0.1, -0.05) is 36.0 Å². The standard InChI is InChI=1S/C21H15FN4O2S/c1-12-19(13-6-8-14(22)9-7-13)20-23-15(10-18(27)26(20)25-12)11-29-21-24-16-4-2-3-5-17(16)28-21/h2-10,25H,11H2,1H3. The lowest BCUT2D eigenvalue weighted by atomic mass is 10.1. The molecule has 0 aliphatic heterocycles. The molecule has 3 aromatic heterocycles. The first kappa shape index (κ1) is 17.7. The molecule has 3 heterocycles. The number of aryl methyl sites for hydroxylation is 1. The summed E-state index contributed by atoms with van der Waals surface area (Å²) in [6.07, 6.45) is 0. The lowest BCUT2D eigenvalue weighted by Gasteiger charge is -2.03. The minimum absolute atomic E-state index is 0.209. The number of nitrogens with one attached hydrogen (secondary N) is 1. The highest BCUT2D eigenvalue weighted by atomic mass is 32.2. The van der Waals surface area contributed by atoms with Crippen LogP contribution in [0.25, 0.3) is 27.9 Å². The molecular weight excluding hydrogens is 391 g/mol. The molecule has 8 heteroatoms. The van der Waals surface area contributed by atoms with Crippen molar-refractivity contribution in [1.82, 2.24) is 19.6 Å². The van der Waals surface area contributed by atoms with Gasteiger partial charge in [0.1, 0.15) is 11.3 Å². The number of benzene rings is 2. The van der Waals surface area contributed by atoms with Crippen molar-refractivity contribution in [3.8, 4) is 11.1 Å². The molecule has 0 saturated heterocycles. The van der Waals surface area contributed by atoms with E-state index in [1.807, 2.05) is 31.2 Å². The molecule has 0 spiro atoms. The van der Waals surface area contributed by atoms with E-state index < -0.39 is 0 Å². The van der Waals surface area contributed by atoms with Crippen LogP contribution in [0.3, 0.4) is 0 Å². The number of oxazole rings is 1. The van der Waals surface area contributed by atoms with Gasteiger partial charge in [0.05, 0.1) is 5.69 Å². The molecule has 0 aliphatic carbocycles. The van der Waals surface area contributed by atoms with Crippen LogP contribution in [0.5, 0.6) is 0 Å². The second-order valence-corrected chi connectivity index (χ2v) is 7.53. The normalized spacial score (nSPS) is 11.5. The number of aromatic amines is 1. The van der Waals surface area contributed by atoms with Crippen molar-refractivity contribution < 1.29 is 8.81 Å². The van der Waals surface area contributed by atoms with Crippen LogP contribution in [-0.4, -0.2) is 19.6 Å². The number of H-pyrrole nitrogens is 1. The van der Waals surface area contributed by atoms with Crippen LogP contribution in [0.15, 0.2) is 69.0 Å². The summed E-state index contributed by atoms with van der Waals surface area (Å²) >= 11 is 1.38. The number of aromatic nitrogens is 4. The van der Waals surface area contributed by atoms with Gasteiger partial charge in [0, 0.05) is 23.1 Å². The van der Waals surface area contributed by atoms with Crippen LogP contribution in [-0.2, 0) is 5.75 Å². The van der Waals surface area contributed by atoms with Gasteiger partial charge in [-0.2, -0.15) is 0 Å². The summed E-state index contributed by atoms with van der Waals surface area (Å²) in [7, 11) is 0. The molecule has 0 unspecified atom stereocenters. The molecule has 6 nitrogen and oxygen atoms in total. The van der Waals surface area contributed by atoms with E-state index in [4.69, 9.17) is 4.42 Å². The van der Waals surface area contributed by atoms with Gasteiger partial charge in [-0.25, -0.2) is 18.9 Å². The SMILES string of the molecule is Cc1[nH]n2c(=O)cc(CSc3nc4ccccc4o3)nc2c1-c1ccc(F)cc1. The smallest absolute Gasteiger partial charge is 0.272 e. The molecule has 1 N–H and O–H groups in total. The number of thioether (sulfide) groups is 1. The third-order valence-corrected chi connectivity index (χ3v) is 5.46. The predicted molar refractivity (Wildman–Crippen MR) is 110 cm³/mol. The first-order valence-electron chi connectivity index (χ1n) is 8.94. The highest BCUT2D eigenvalue weighted by Gasteiger charge is 2.15. The van der Waals surface area contributed by atoms with E-state index in [1.165, 1.54) is 34.5 Å². The van der Waals surface area contributed by atoms with Crippen molar-refractivity contribution in [2.24, 2.45) is 0 Å². The van der Waals surface area contributed by atoms with Gasteiger partial charge in [0.25, 0.3) is 10.8 Å². The Morgan fingerprint density at radius 3 is 2.72 bits per heavy atom. The van der Waals surface area contributed by atoms with E-state index in [9.17, 15) is 9.18 Å². The Balaban J connectivity index is 1.52. The van der Waals surface area contributed by atoms with Crippen molar-refractivity contribution in [3.05, 3.63) is 82.2 Å². The number of nitrogens with zero attached hydrogens (tertiary/aromatic N) is 3. The number of fused-ring (bicyclic) bond motifs is 2. The number of hydrogen-bond donors (Lipinski definition) is 1. The minimum Gasteiger partial charge on any atom is -0.431 e. The Labute approximate surface area is 168 Å². The number of rotatable bonds is 4. The van der Waals surface area contributed by atoms with Gasteiger partial charge in [0.15, 0.2) is 11.2 Å². The Morgan fingerprint density at radius 1 is 1.14 bits per heavy atom. The fourth-order valence-electron chi connectivity index (χ4n) is 3.28. The fourth-order valence-corrected chi connectivity index (χ4v) is 4.01. The first-order valence-corrected chi connectivity index (χ1v) is 9.92. The molecule has 29 heavy (non-hydrogen) atoms. The minimum atomic E-state index is -0.313. The number of hydrogen-bond acceptors (Lipinski definition) is 5. The van der Waals surface area contributed by atoms with Gasteiger partial charge < -0.3 is 4.42 Å². The Hall–Kier alpha value is -3.39. The molecule has 0 radical (unpaired) electrons. The van der Waals surface area contributed by atoms with Crippen LogP contribution in [0.2, 0.25) is 0 Å². The Morgan fingerprint density at radius 2 is 1.93 bits per heavy atom. The zero-order valence-corrected chi connectivity index (χ0v) is 16.2. The van der Waals surface area contributed by atoms with Gasteiger partial charge in [-0.15, -0.1) is 0 Å². The summed E-state index contributed by atoms with van der Waals surface area (Å²) in [6, 6.07) is 15.2. The van der Waals surface area contributed by atoms with Gasteiger partial charge >= 0.3 is 0 Å². The molecule has 5 rings (SSSR count). The third kappa shape index (κ3) is 3.21. The number of para-hydroxylation sites is 2. The zero-order chi connectivity index (χ0) is 20.0. The summed E-state index contributed by atoms with van der Waals surface area (Å²) in [5.74, 6) is 0.123. The molecule has 0 atom stereocenters. The molecule has 2 aromatic carbocycles. The van der Waals surface area contributed by atoms with Crippen molar-refractivity contribution in [3.63, 3.8) is 0 Å². The van der Waals surface area contributed by atoms with Crippen LogP contribution in [0, 0.1) is 12.7 Å². The van der Waals surface area contributed by atoms with Gasteiger partial charge in [-0.3, -0.25) is 9.89 Å². The maximum absolute atomic E-state index is 13.3. The summed E-state index contributed by atoms with van der Waals surface area (Å²) in [4.78, 5) is 21.7. The fraction of sp³-hybridized carbons (Fsp3) is 0.0952. The maximum Gasteiger partial charge on any atom is 0.272 e. The van der Waals surface area contributed by atoms with Crippen molar-refractivity contribution in [1.29, 1.82) is 0 Å². The highest BCUT2D eigenvalue weighted by Crippen LogP contribution is 2.28. The van der Waals surface area contributed by atoms with Crippen molar-refractivity contribution in [2.75, 3.05) is 0 Å². The summed E-state index contributed by atoms with van der Waals surface area (Å²) < 4.78 is 20.4. The second-order valence-electron chi connectivity index (χ2n) is 6.60. The molecule has 0 fully saturated rings. The maximum atomic E-state index is 13.3. The van der Waals surface area contributed by atoms with Crippen LogP contribution >= 0.6 is 11.8 Å². The van der Waals surface area contributed by atoms with Crippen LogP contribution in [0.1, 0.15) is 11.4 Å². The van der Waals surface area contributed by atoms with E-state index in [1.54, 1.807) is 12.1 Å². The molecular formula is C21H15FN4O2S. The largest absolute Gasteiger partial charge is 0.431 e. The lowest BCUT2D eigenvalue weighted by molar-refractivity contribution is 0.489. The van der Waals surface area contributed by atoms with Crippen molar-refractivity contribution in [2.45, 2.75) is 17.9 Å². The van der Waals surface area contributed by atoms with E-state index >= 15 is 0 Å². The quantitative estimate of drug-likeness (QED) is 0.443. The predicted octanol–water partition coefficient (Wildman–Crippen LogP) is 4.57. The summed E-state index contributed by atoms with van der Waals surface area (Å²) in [5, 5.41) is 3.56. The van der Waals surface area contributed by atoms with E-state index in [-0.39, 0.29) is 11.4 Å². The molecule has 0 aliphatic rings. The first-order chi connectivity index (χ1) is 14.1. The van der Waals surface area contributed by atoms with Gasteiger partial charge in [-0.05, 0) is 36.8 Å². The van der Waals surface area contributed by atoms with E-state index in [2.05, 4.69) is 15.1 Å². The van der Waals surface area contributed by atoms with Gasteiger partial charge in [0.2, 0.25) is 0 Å². The zero-order valence-electron chi connectivity index (χ0n) is 15.3. The topological polar surface area (TPSA) is 76.2 Å². The third-order valence-electron chi connectivity index (χ3n) is 4.60. The summed E-state index contributed by atoms with van der Waals surface area (Å²) in [6.45, 7) is 1.86. The molecule has 5 aromatic rings. The van der Waals surface area contributed by atoms with Crippen molar-refractivity contribution >= 4 is 28.5 Å². The Bertz CT molecular complexity index is 1370. The highest BCUT2D eigenvalue weighted by molar-refractivity contribution is 7.98. The average molecular weight is 406 g/mol. The average Bonchev–Trinajstić information content (AvgIpc) is 3.28. The van der Waals surface area contributed by atoms with E-state index in [0.717, 1.165) is 27.9 Å². The Kier molecular flexibility index (Phi) is 4.21. The lowest BCUT2D eigenvalue weighted by Crippen LogP contribution is -2.15. The van der Waals surface area contributed by atoms with Crippen LogP contribution < -0.4 is 5.56 Å². The molecule has 0 amide bonds. The van der Waals surface area contributed by atoms with Crippen LogP contribution in [0.4, 0.5) is 4.39 Å². The summed E-state index contributed by atoms with van der Waals surface area (Å²) in [5.41, 5.74) is 4.77. The number of halogens is 1. The second kappa shape index (κ2) is 6.89. The molecule has 0 saturated carbocycles. The molecule has 144 valence electrons. The molecule has 0 bridgehead atoms. The monoisotopic (exact) mass is 406 g/mol. The van der Waals surface area contributed by atoms with E-state index in [0.29, 0.717) is 22.3 Å².